The lowest BCUT2D eigenvalue weighted by atomic mass is 10.1. The summed E-state index contributed by atoms with van der Waals surface area (Å²) < 4.78 is 1.94. The van der Waals surface area contributed by atoms with Crippen molar-refractivity contribution in [3.63, 3.8) is 0 Å². The van der Waals surface area contributed by atoms with E-state index < -0.39 is 0 Å². The molecule has 0 bridgehead atoms. The van der Waals surface area contributed by atoms with Gasteiger partial charge in [0.2, 0.25) is 0 Å². The fraction of sp³-hybridized carbons (Fsp3) is 0.286. The van der Waals surface area contributed by atoms with Gasteiger partial charge in [-0.3, -0.25) is 14.3 Å². The number of carbonyl (C=O) groups excluding carboxylic acids is 1. The molecular weight excluding hydrogens is 346 g/mol. The number of carbonyl (C=O) groups is 1. The molecule has 4 rings (SSSR count). The molecule has 0 atom stereocenters. The van der Waals surface area contributed by atoms with Gasteiger partial charge in [-0.15, -0.1) is 0 Å². The highest BCUT2D eigenvalue weighted by molar-refractivity contribution is 6.36. The van der Waals surface area contributed by atoms with Crippen molar-refractivity contribution in [2.75, 3.05) is 19.8 Å². The summed E-state index contributed by atoms with van der Waals surface area (Å²) in [5.74, 6) is -0.119. The monoisotopic (exact) mass is 367 g/mol. The number of nitrogens with zero attached hydrogens (tertiary/aromatic N) is 2. The van der Waals surface area contributed by atoms with Crippen LogP contribution in [0.15, 0.2) is 54.6 Å². The number of hydrogen-bond acceptors (Lipinski definition) is 2. The Morgan fingerprint density at radius 2 is 1.65 bits per heavy atom. The Labute approximate surface area is 158 Å². The second-order valence-electron chi connectivity index (χ2n) is 6.70. The van der Waals surface area contributed by atoms with E-state index in [2.05, 4.69) is 10.2 Å². The van der Waals surface area contributed by atoms with E-state index in [1.807, 2.05) is 59.2 Å². The smallest absolute Gasteiger partial charge is 0.256 e. The average Bonchev–Trinajstić information content (AvgIpc) is 2.99. The topological polar surface area (TPSA) is 37.3 Å². The molecule has 2 heterocycles. The van der Waals surface area contributed by atoms with Crippen LogP contribution in [0.25, 0.3) is 16.6 Å². The van der Waals surface area contributed by atoms with Gasteiger partial charge in [0.1, 0.15) is 5.15 Å². The number of piperidine rings is 1. The lowest BCUT2D eigenvalue weighted by Gasteiger charge is -2.26. The minimum absolute atomic E-state index is 0.119. The number of fused-ring (bicyclic) bond motifs is 1. The first-order valence-corrected chi connectivity index (χ1v) is 9.48. The third-order valence-corrected chi connectivity index (χ3v) is 5.33. The van der Waals surface area contributed by atoms with Crippen molar-refractivity contribution in [1.29, 1.82) is 0 Å². The highest BCUT2D eigenvalue weighted by Crippen LogP contribution is 2.33. The molecule has 134 valence electrons. The van der Waals surface area contributed by atoms with E-state index in [0.717, 1.165) is 29.7 Å². The lowest BCUT2D eigenvalue weighted by molar-refractivity contribution is 0.0916. The molecule has 1 fully saturated rings. The molecule has 0 saturated carbocycles. The zero-order chi connectivity index (χ0) is 17.9. The molecule has 5 heteroatoms. The summed E-state index contributed by atoms with van der Waals surface area (Å²) in [6.45, 7) is 2.65. The van der Waals surface area contributed by atoms with Gasteiger partial charge in [-0.2, -0.15) is 0 Å². The van der Waals surface area contributed by atoms with E-state index in [-0.39, 0.29) is 5.91 Å². The SMILES string of the molecule is O=C(NCN1CCCCC1)c1c(Cl)n(-c2ccccc2)c2ccccc12. The maximum Gasteiger partial charge on any atom is 0.256 e. The van der Waals surface area contributed by atoms with Crippen LogP contribution in [0.4, 0.5) is 0 Å². The molecule has 1 saturated heterocycles. The summed E-state index contributed by atoms with van der Waals surface area (Å²) in [7, 11) is 0. The molecule has 1 N–H and O–H groups in total. The zero-order valence-electron chi connectivity index (χ0n) is 14.6. The number of nitrogens with one attached hydrogen (secondary N) is 1. The first-order valence-electron chi connectivity index (χ1n) is 9.10. The van der Waals surface area contributed by atoms with E-state index in [4.69, 9.17) is 11.6 Å². The van der Waals surface area contributed by atoms with E-state index in [1.54, 1.807) is 0 Å². The van der Waals surface area contributed by atoms with Gasteiger partial charge in [-0.05, 0) is 44.1 Å². The van der Waals surface area contributed by atoms with Gasteiger partial charge in [0.05, 0.1) is 17.7 Å². The summed E-state index contributed by atoms with van der Waals surface area (Å²) in [5, 5.41) is 4.38. The summed E-state index contributed by atoms with van der Waals surface area (Å²) in [4.78, 5) is 15.2. The van der Waals surface area contributed by atoms with Crippen LogP contribution in [0.5, 0.6) is 0 Å². The predicted octanol–water partition coefficient (Wildman–Crippen LogP) is 4.46. The molecule has 4 nitrogen and oxygen atoms in total. The molecule has 1 aliphatic heterocycles. The fourth-order valence-corrected chi connectivity index (χ4v) is 4.02. The maximum atomic E-state index is 12.9. The van der Waals surface area contributed by atoms with Crippen molar-refractivity contribution >= 4 is 28.4 Å². The molecule has 2 aromatic carbocycles. The number of aromatic nitrogens is 1. The Bertz CT molecular complexity index is 914. The quantitative estimate of drug-likeness (QED) is 0.739. The highest BCUT2D eigenvalue weighted by Gasteiger charge is 2.22. The molecule has 1 amide bonds. The summed E-state index contributed by atoms with van der Waals surface area (Å²) >= 11 is 6.69. The van der Waals surface area contributed by atoms with Gasteiger partial charge >= 0.3 is 0 Å². The van der Waals surface area contributed by atoms with Crippen molar-refractivity contribution in [3.05, 3.63) is 65.3 Å². The van der Waals surface area contributed by atoms with Crippen LogP contribution in [0.1, 0.15) is 29.6 Å². The second-order valence-corrected chi connectivity index (χ2v) is 7.05. The van der Waals surface area contributed by atoms with Crippen LogP contribution >= 0.6 is 11.6 Å². The van der Waals surface area contributed by atoms with Gasteiger partial charge in [0.15, 0.2) is 0 Å². The number of para-hydroxylation sites is 2. The van der Waals surface area contributed by atoms with Crippen molar-refractivity contribution in [2.45, 2.75) is 19.3 Å². The van der Waals surface area contributed by atoms with Crippen LogP contribution in [-0.2, 0) is 0 Å². The number of hydrogen-bond donors (Lipinski definition) is 1. The van der Waals surface area contributed by atoms with E-state index in [9.17, 15) is 4.79 Å². The first kappa shape index (κ1) is 17.1. The first-order chi connectivity index (χ1) is 12.8. The molecule has 1 aromatic heterocycles. The van der Waals surface area contributed by atoms with Crippen LogP contribution < -0.4 is 5.32 Å². The third kappa shape index (κ3) is 3.22. The average molecular weight is 368 g/mol. The second kappa shape index (κ2) is 7.52. The standard InChI is InChI=1S/C21H22ClN3O/c22-20-19(21(26)23-15-24-13-7-2-8-14-24)17-11-5-6-12-18(17)25(20)16-9-3-1-4-10-16/h1,3-6,9-12H,2,7-8,13-15H2,(H,23,26). The molecule has 0 unspecified atom stereocenters. The molecule has 1 aliphatic rings. The molecular formula is C21H22ClN3O. The van der Waals surface area contributed by atoms with Crippen molar-refractivity contribution < 1.29 is 4.79 Å². The Morgan fingerprint density at radius 3 is 2.42 bits per heavy atom. The molecule has 3 aromatic rings. The number of halogens is 1. The molecule has 0 aliphatic carbocycles. The number of amides is 1. The van der Waals surface area contributed by atoms with Crippen LogP contribution in [0.3, 0.4) is 0 Å². The molecule has 26 heavy (non-hydrogen) atoms. The van der Waals surface area contributed by atoms with Crippen molar-refractivity contribution in [3.8, 4) is 5.69 Å². The molecule has 0 radical (unpaired) electrons. The normalized spacial score (nSPS) is 15.3. The Kier molecular flexibility index (Phi) is 4.96. The minimum atomic E-state index is -0.119. The Morgan fingerprint density at radius 1 is 0.962 bits per heavy atom. The minimum Gasteiger partial charge on any atom is -0.339 e. The summed E-state index contributed by atoms with van der Waals surface area (Å²) in [6.07, 6.45) is 3.68. The number of rotatable bonds is 4. The highest BCUT2D eigenvalue weighted by atomic mass is 35.5. The van der Waals surface area contributed by atoms with Crippen LogP contribution in [0.2, 0.25) is 5.15 Å². The van der Waals surface area contributed by atoms with Gasteiger partial charge in [0.25, 0.3) is 5.91 Å². The fourth-order valence-electron chi connectivity index (χ4n) is 3.64. The van der Waals surface area contributed by atoms with Gasteiger partial charge < -0.3 is 5.32 Å². The van der Waals surface area contributed by atoms with Gasteiger partial charge in [-0.25, -0.2) is 0 Å². The Balaban J connectivity index is 1.68. The van der Waals surface area contributed by atoms with E-state index >= 15 is 0 Å². The van der Waals surface area contributed by atoms with Crippen LogP contribution in [-0.4, -0.2) is 35.1 Å². The number of likely N-dealkylation sites (tertiary alicyclic amines) is 1. The largest absolute Gasteiger partial charge is 0.339 e. The third-order valence-electron chi connectivity index (χ3n) is 4.97. The molecule has 0 spiro atoms. The Hall–Kier alpha value is -2.30. The van der Waals surface area contributed by atoms with Gasteiger partial charge in [-0.1, -0.05) is 54.4 Å². The number of benzene rings is 2. The zero-order valence-corrected chi connectivity index (χ0v) is 15.4. The van der Waals surface area contributed by atoms with Crippen molar-refractivity contribution in [1.82, 2.24) is 14.8 Å². The predicted molar refractivity (Wildman–Crippen MR) is 106 cm³/mol. The van der Waals surface area contributed by atoms with Crippen LogP contribution in [0, 0.1) is 0 Å². The van der Waals surface area contributed by atoms with E-state index in [1.165, 1.54) is 19.3 Å². The van der Waals surface area contributed by atoms with Crippen molar-refractivity contribution in [2.24, 2.45) is 0 Å². The summed E-state index contributed by atoms with van der Waals surface area (Å²) in [6, 6.07) is 17.7. The maximum absolute atomic E-state index is 12.9. The summed E-state index contributed by atoms with van der Waals surface area (Å²) in [5.41, 5.74) is 2.43. The van der Waals surface area contributed by atoms with E-state index in [0.29, 0.717) is 17.4 Å². The lowest BCUT2D eigenvalue weighted by Crippen LogP contribution is -2.40. The van der Waals surface area contributed by atoms with Gasteiger partial charge in [0, 0.05) is 11.1 Å².